The van der Waals surface area contributed by atoms with E-state index in [9.17, 15) is 0 Å². The molecule has 1 aromatic carbocycles. The first-order chi connectivity index (χ1) is 9.84. The van der Waals surface area contributed by atoms with Crippen LogP contribution in [0.2, 0.25) is 0 Å². The maximum absolute atomic E-state index is 5.53. The van der Waals surface area contributed by atoms with Gasteiger partial charge in [0.15, 0.2) is 6.61 Å². The maximum atomic E-state index is 5.53. The number of hydrogen-bond donors (Lipinski definition) is 0. The van der Waals surface area contributed by atoms with Gasteiger partial charge in [0.1, 0.15) is 11.6 Å². The number of aromatic nitrogens is 2. The lowest BCUT2D eigenvalue weighted by Crippen LogP contribution is -2.17. The molecule has 0 atom stereocenters. The summed E-state index contributed by atoms with van der Waals surface area (Å²) in [6.45, 7) is 1.02. The second kappa shape index (κ2) is 6.00. The smallest absolute Gasteiger partial charge is 0.262 e. The molecular weight excluding hydrogens is 274 g/mol. The molecule has 0 saturated carbocycles. The molecule has 5 nitrogen and oxygen atoms in total. The van der Waals surface area contributed by atoms with Crippen LogP contribution in [0.1, 0.15) is 11.1 Å². The van der Waals surface area contributed by atoms with Crippen molar-refractivity contribution < 1.29 is 9.57 Å². The van der Waals surface area contributed by atoms with E-state index < -0.39 is 0 Å². The van der Waals surface area contributed by atoms with Gasteiger partial charge in [0.05, 0.1) is 11.8 Å². The molecule has 2 aromatic rings. The van der Waals surface area contributed by atoms with Crippen LogP contribution in [0, 0.1) is 0 Å². The summed E-state index contributed by atoms with van der Waals surface area (Å²) in [4.78, 5) is 5.08. The molecular formula is C14H15N3O2S. The topological polar surface area (TPSA) is 48.6 Å². The quantitative estimate of drug-likeness (QED) is 0.811. The van der Waals surface area contributed by atoms with Crippen molar-refractivity contribution in [3.63, 3.8) is 0 Å². The van der Waals surface area contributed by atoms with E-state index in [4.69, 9.17) is 9.57 Å². The summed E-state index contributed by atoms with van der Waals surface area (Å²) in [7, 11) is 1.92. The van der Waals surface area contributed by atoms with Gasteiger partial charge < -0.3 is 9.57 Å². The lowest BCUT2D eigenvalue weighted by Gasteiger charge is -2.13. The number of aryl methyl sites for hydroxylation is 1. The highest BCUT2D eigenvalue weighted by Gasteiger charge is 2.19. The number of ether oxygens (including phenoxy) is 1. The molecule has 0 saturated heterocycles. The predicted octanol–water partition coefficient (Wildman–Crippen LogP) is 2.42. The minimum absolute atomic E-state index is 0.496. The first-order valence-electron chi connectivity index (χ1n) is 6.36. The number of benzene rings is 1. The summed E-state index contributed by atoms with van der Waals surface area (Å²) >= 11 is 1.71. The van der Waals surface area contributed by atoms with Gasteiger partial charge in [-0.05, 0) is 10.7 Å². The Morgan fingerprint density at radius 1 is 1.25 bits per heavy atom. The van der Waals surface area contributed by atoms with Gasteiger partial charge in [0.2, 0.25) is 0 Å². The van der Waals surface area contributed by atoms with Crippen molar-refractivity contribution in [2.45, 2.75) is 10.8 Å². The van der Waals surface area contributed by atoms with Crippen LogP contribution in [0.4, 0.5) is 0 Å². The van der Waals surface area contributed by atoms with Gasteiger partial charge in [-0.2, -0.15) is 5.10 Å². The van der Waals surface area contributed by atoms with Crippen LogP contribution in [-0.2, 0) is 22.4 Å². The van der Waals surface area contributed by atoms with Crippen LogP contribution < -0.4 is 0 Å². The predicted molar refractivity (Wildman–Crippen MR) is 77.7 cm³/mol. The lowest BCUT2D eigenvalue weighted by atomic mass is 10.2. The highest BCUT2D eigenvalue weighted by atomic mass is 32.2. The molecule has 0 radical (unpaired) electrons. The van der Waals surface area contributed by atoms with Crippen LogP contribution in [0.25, 0.3) is 0 Å². The number of hydrogen-bond acceptors (Lipinski definition) is 5. The lowest BCUT2D eigenvalue weighted by molar-refractivity contribution is 0.0653. The number of nitrogens with zero attached hydrogens (tertiary/aromatic N) is 3. The summed E-state index contributed by atoms with van der Waals surface area (Å²) in [5, 5.41) is 9.27. The standard InChI is InChI=1S/C14H15N3O2S/c1-17-14(20-10-11-5-3-2-4-6-11)12(9-15-17)13-16-19-8-7-18-13/h2-6,9H,7-8,10H2,1H3. The summed E-state index contributed by atoms with van der Waals surface area (Å²) < 4.78 is 7.37. The maximum Gasteiger partial charge on any atom is 0.262 e. The van der Waals surface area contributed by atoms with E-state index in [1.165, 1.54) is 5.56 Å². The Morgan fingerprint density at radius 3 is 2.85 bits per heavy atom. The minimum atomic E-state index is 0.496. The summed E-state index contributed by atoms with van der Waals surface area (Å²) in [6, 6.07) is 10.3. The second-order valence-electron chi connectivity index (χ2n) is 4.34. The zero-order chi connectivity index (χ0) is 13.8. The van der Waals surface area contributed by atoms with E-state index >= 15 is 0 Å². The van der Waals surface area contributed by atoms with Gasteiger partial charge in [0.25, 0.3) is 5.90 Å². The SMILES string of the molecule is Cn1ncc(C2=NOCCO2)c1SCc1ccccc1. The molecule has 0 N–H and O–H groups in total. The highest BCUT2D eigenvalue weighted by Crippen LogP contribution is 2.27. The molecule has 0 spiro atoms. The average molecular weight is 289 g/mol. The zero-order valence-electron chi connectivity index (χ0n) is 11.2. The van der Waals surface area contributed by atoms with Gasteiger partial charge in [-0.25, -0.2) is 0 Å². The third-order valence-corrected chi connectivity index (χ3v) is 4.13. The van der Waals surface area contributed by atoms with Crippen LogP contribution in [0.5, 0.6) is 0 Å². The van der Waals surface area contributed by atoms with Crippen molar-refractivity contribution >= 4 is 17.7 Å². The first-order valence-corrected chi connectivity index (χ1v) is 7.35. The average Bonchev–Trinajstić information content (AvgIpc) is 2.88. The van der Waals surface area contributed by atoms with Crippen molar-refractivity contribution in [1.29, 1.82) is 0 Å². The van der Waals surface area contributed by atoms with Crippen LogP contribution in [0.3, 0.4) is 0 Å². The third kappa shape index (κ3) is 2.80. The van der Waals surface area contributed by atoms with Crippen molar-refractivity contribution in [2.75, 3.05) is 13.2 Å². The molecule has 0 unspecified atom stereocenters. The number of oxime groups is 1. The Hall–Kier alpha value is -1.95. The van der Waals surface area contributed by atoms with Gasteiger partial charge >= 0.3 is 0 Å². The van der Waals surface area contributed by atoms with E-state index in [1.807, 2.05) is 29.9 Å². The van der Waals surface area contributed by atoms with Crippen LogP contribution in [-0.4, -0.2) is 28.9 Å². The molecule has 3 rings (SSSR count). The van der Waals surface area contributed by atoms with Gasteiger partial charge in [-0.3, -0.25) is 4.68 Å². The molecule has 1 aliphatic rings. The van der Waals surface area contributed by atoms with Crippen LogP contribution in [0.15, 0.2) is 46.7 Å². The molecule has 0 amide bonds. The molecule has 20 heavy (non-hydrogen) atoms. The van der Waals surface area contributed by atoms with Gasteiger partial charge in [0, 0.05) is 12.8 Å². The van der Waals surface area contributed by atoms with Crippen molar-refractivity contribution in [3.05, 3.63) is 47.7 Å². The van der Waals surface area contributed by atoms with Crippen LogP contribution >= 0.6 is 11.8 Å². The number of thioether (sulfide) groups is 1. The largest absolute Gasteiger partial charge is 0.471 e. The Balaban J connectivity index is 1.79. The Kier molecular flexibility index (Phi) is 3.92. The fraction of sp³-hybridized carbons (Fsp3) is 0.286. The summed E-state index contributed by atoms with van der Waals surface area (Å²) in [5.74, 6) is 1.39. The molecule has 0 aliphatic carbocycles. The second-order valence-corrected chi connectivity index (χ2v) is 5.30. The van der Waals surface area contributed by atoms with Gasteiger partial charge in [-0.15, -0.1) is 11.8 Å². The van der Waals surface area contributed by atoms with E-state index in [-0.39, 0.29) is 0 Å². The first kappa shape index (κ1) is 13.1. The summed E-state index contributed by atoms with van der Waals surface area (Å²) in [6.07, 6.45) is 1.76. The monoisotopic (exact) mass is 289 g/mol. The molecule has 0 bridgehead atoms. The van der Waals surface area contributed by atoms with E-state index in [1.54, 1.807) is 18.0 Å². The van der Waals surface area contributed by atoms with Crippen molar-refractivity contribution in [3.8, 4) is 0 Å². The van der Waals surface area contributed by atoms with E-state index in [0.29, 0.717) is 19.1 Å². The van der Waals surface area contributed by atoms with E-state index in [0.717, 1.165) is 16.3 Å². The zero-order valence-corrected chi connectivity index (χ0v) is 12.0. The summed E-state index contributed by atoms with van der Waals surface area (Å²) in [5.41, 5.74) is 2.15. The molecule has 104 valence electrons. The highest BCUT2D eigenvalue weighted by molar-refractivity contribution is 7.98. The van der Waals surface area contributed by atoms with Crippen molar-refractivity contribution in [1.82, 2.24) is 9.78 Å². The Labute approximate surface area is 121 Å². The number of rotatable bonds is 4. The normalized spacial score (nSPS) is 14.3. The Bertz CT molecular complexity index is 610. The van der Waals surface area contributed by atoms with E-state index in [2.05, 4.69) is 22.4 Å². The molecule has 2 heterocycles. The molecule has 1 aromatic heterocycles. The van der Waals surface area contributed by atoms with Gasteiger partial charge in [-0.1, -0.05) is 30.3 Å². The fourth-order valence-electron chi connectivity index (χ4n) is 1.90. The molecule has 1 aliphatic heterocycles. The molecule has 6 heteroatoms. The minimum Gasteiger partial charge on any atom is -0.471 e. The third-order valence-electron chi connectivity index (χ3n) is 2.89. The Morgan fingerprint density at radius 2 is 2.10 bits per heavy atom. The van der Waals surface area contributed by atoms with Crippen molar-refractivity contribution in [2.24, 2.45) is 12.2 Å². The molecule has 0 fully saturated rings. The fourth-order valence-corrected chi connectivity index (χ4v) is 2.93.